The second kappa shape index (κ2) is 9.15. The molecular weight excluding hydrogens is 452 g/mol. The van der Waals surface area contributed by atoms with E-state index in [-0.39, 0.29) is 37.1 Å². The van der Waals surface area contributed by atoms with E-state index in [1.807, 2.05) is 48.5 Å². The van der Waals surface area contributed by atoms with Gasteiger partial charge in [-0.2, -0.15) is 0 Å². The van der Waals surface area contributed by atoms with Crippen LogP contribution in [0, 0.1) is 0 Å². The Morgan fingerprint density at radius 3 is 1.88 bits per heavy atom. The Balaban J connectivity index is 1.18. The zero-order chi connectivity index (χ0) is 23.7. The molecule has 0 radical (unpaired) electrons. The lowest BCUT2D eigenvalue weighted by Crippen LogP contribution is -2.33. The van der Waals surface area contributed by atoms with Gasteiger partial charge in [0, 0.05) is 22.8 Å². The molecule has 0 atom stereocenters. The van der Waals surface area contributed by atoms with Crippen LogP contribution in [0.4, 0.5) is 11.4 Å². The maximum Gasteiger partial charge on any atom is 0.306 e. The number of anilines is 2. The van der Waals surface area contributed by atoms with Gasteiger partial charge in [0.1, 0.15) is 0 Å². The van der Waals surface area contributed by atoms with Gasteiger partial charge in [0.25, 0.3) is 17.7 Å². The zero-order valence-corrected chi connectivity index (χ0v) is 18.9. The van der Waals surface area contributed by atoms with Gasteiger partial charge in [-0.1, -0.05) is 48.2 Å². The van der Waals surface area contributed by atoms with Crippen molar-refractivity contribution in [3.8, 4) is 0 Å². The van der Waals surface area contributed by atoms with Gasteiger partial charge in [-0.3, -0.25) is 29.0 Å². The minimum atomic E-state index is -0.557. The largest absolute Gasteiger partial charge is 0.456 e. The molecule has 0 saturated carbocycles. The summed E-state index contributed by atoms with van der Waals surface area (Å²) < 4.78 is 5.24. The van der Waals surface area contributed by atoms with E-state index in [1.54, 1.807) is 40.9 Å². The molecule has 0 spiro atoms. The molecule has 0 aliphatic carbocycles. The van der Waals surface area contributed by atoms with Crippen LogP contribution in [0.15, 0.2) is 82.6 Å². The van der Waals surface area contributed by atoms with Gasteiger partial charge < -0.3 is 4.74 Å². The van der Waals surface area contributed by atoms with Crippen molar-refractivity contribution < 1.29 is 23.9 Å². The summed E-state index contributed by atoms with van der Waals surface area (Å²) in [5.74, 6) is -1.62. The number of ether oxygens (including phenoxy) is 1. The van der Waals surface area contributed by atoms with Crippen molar-refractivity contribution >= 4 is 46.8 Å². The van der Waals surface area contributed by atoms with E-state index in [0.29, 0.717) is 11.1 Å². The number of carbonyl (C=O) groups is 4. The second-order valence-electron chi connectivity index (χ2n) is 7.84. The number of para-hydroxylation sites is 2. The minimum Gasteiger partial charge on any atom is -0.456 e. The number of amides is 3. The van der Waals surface area contributed by atoms with Gasteiger partial charge in [-0.15, -0.1) is 0 Å². The van der Waals surface area contributed by atoms with E-state index in [9.17, 15) is 19.2 Å². The molecule has 0 aromatic heterocycles. The summed E-state index contributed by atoms with van der Waals surface area (Å²) >= 11 is 1.59. The zero-order valence-electron chi connectivity index (χ0n) is 18.1. The minimum absolute atomic E-state index is 0.0102. The quantitative estimate of drug-likeness (QED) is 0.390. The van der Waals surface area contributed by atoms with Crippen LogP contribution in [-0.4, -0.2) is 41.7 Å². The number of nitrogens with zero attached hydrogens (tertiary/aromatic N) is 2. The van der Waals surface area contributed by atoms with E-state index in [1.165, 1.54) is 0 Å². The lowest BCUT2D eigenvalue weighted by molar-refractivity contribution is -0.147. The topological polar surface area (TPSA) is 84.0 Å². The fourth-order valence-electron chi connectivity index (χ4n) is 4.08. The summed E-state index contributed by atoms with van der Waals surface area (Å²) in [7, 11) is 0. The van der Waals surface area contributed by atoms with Gasteiger partial charge >= 0.3 is 5.97 Å². The van der Waals surface area contributed by atoms with Crippen molar-refractivity contribution in [1.82, 2.24) is 4.90 Å². The van der Waals surface area contributed by atoms with E-state index < -0.39 is 12.6 Å². The maximum atomic E-state index is 13.1. The molecule has 2 aliphatic heterocycles. The first kappa shape index (κ1) is 21.9. The highest BCUT2D eigenvalue weighted by Gasteiger charge is 2.34. The SMILES string of the molecule is O=C(CCCN1C(=O)c2ccccc2C1=O)OCC(=O)N1c2ccccc2Sc2ccccc21. The Labute approximate surface area is 200 Å². The lowest BCUT2D eigenvalue weighted by Gasteiger charge is -2.30. The van der Waals surface area contributed by atoms with Crippen molar-refractivity contribution in [3.05, 3.63) is 83.9 Å². The van der Waals surface area contributed by atoms with Gasteiger partial charge in [0.05, 0.1) is 22.5 Å². The third-order valence-corrected chi connectivity index (χ3v) is 6.81. The van der Waals surface area contributed by atoms with Crippen molar-refractivity contribution in [1.29, 1.82) is 0 Å². The van der Waals surface area contributed by atoms with Gasteiger partial charge in [0.2, 0.25) is 0 Å². The molecule has 3 aromatic rings. The summed E-state index contributed by atoms with van der Waals surface area (Å²) in [5.41, 5.74) is 2.25. The Bertz CT molecular complexity index is 1240. The molecule has 0 unspecified atom stereocenters. The molecule has 2 aliphatic rings. The van der Waals surface area contributed by atoms with Gasteiger partial charge in [0.15, 0.2) is 6.61 Å². The molecule has 2 heterocycles. The molecule has 3 aromatic carbocycles. The highest BCUT2D eigenvalue weighted by Crippen LogP contribution is 2.47. The van der Waals surface area contributed by atoms with Crippen LogP contribution in [0.1, 0.15) is 33.6 Å². The van der Waals surface area contributed by atoms with Crippen LogP contribution < -0.4 is 4.90 Å². The number of hydrogen-bond donors (Lipinski definition) is 0. The molecule has 0 bridgehead atoms. The predicted octanol–water partition coefficient (Wildman–Crippen LogP) is 4.44. The lowest BCUT2D eigenvalue weighted by atomic mass is 10.1. The van der Waals surface area contributed by atoms with E-state index in [4.69, 9.17) is 4.74 Å². The number of hydrogen-bond acceptors (Lipinski definition) is 6. The molecule has 8 heteroatoms. The first-order chi connectivity index (χ1) is 16.5. The molecule has 0 saturated heterocycles. The Hall–Kier alpha value is -3.91. The summed E-state index contributed by atoms with van der Waals surface area (Å²) in [6, 6.07) is 21.8. The van der Waals surface area contributed by atoms with Crippen molar-refractivity contribution in [2.75, 3.05) is 18.1 Å². The van der Waals surface area contributed by atoms with Crippen LogP contribution in [0.25, 0.3) is 0 Å². The second-order valence-corrected chi connectivity index (χ2v) is 8.92. The average Bonchev–Trinajstić information content (AvgIpc) is 3.10. The smallest absolute Gasteiger partial charge is 0.306 e. The van der Waals surface area contributed by atoms with Gasteiger partial charge in [-0.25, -0.2) is 0 Å². The first-order valence-corrected chi connectivity index (χ1v) is 11.7. The standard InChI is InChI=1S/C26H20N2O5S/c29-23(28-19-10-3-5-12-21(19)34-22-13-6-4-11-20(22)28)16-33-24(30)14-7-15-27-25(31)17-8-1-2-9-18(17)26(27)32/h1-6,8-13H,7,14-16H2. The monoisotopic (exact) mass is 472 g/mol. The van der Waals surface area contributed by atoms with Crippen LogP contribution >= 0.6 is 11.8 Å². The third-order valence-electron chi connectivity index (χ3n) is 5.68. The summed E-state index contributed by atoms with van der Waals surface area (Å²) in [6.07, 6.45) is 0.244. The number of rotatable bonds is 6. The van der Waals surface area contributed by atoms with Crippen LogP contribution in [0.5, 0.6) is 0 Å². The molecule has 3 amide bonds. The normalized spacial score (nSPS) is 13.9. The first-order valence-electron chi connectivity index (χ1n) is 10.8. The van der Waals surface area contributed by atoms with E-state index in [0.717, 1.165) is 26.1 Å². The predicted molar refractivity (Wildman–Crippen MR) is 126 cm³/mol. The van der Waals surface area contributed by atoms with Crippen molar-refractivity contribution in [2.24, 2.45) is 0 Å². The van der Waals surface area contributed by atoms with Crippen LogP contribution in [0.3, 0.4) is 0 Å². The van der Waals surface area contributed by atoms with Crippen molar-refractivity contribution in [2.45, 2.75) is 22.6 Å². The summed E-state index contributed by atoms with van der Waals surface area (Å²) in [5, 5.41) is 0. The number of fused-ring (bicyclic) bond motifs is 3. The number of esters is 1. The van der Waals surface area contributed by atoms with Crippen LogP contribution in [0.2, 0.25) is 0 Å². The number of benzene rings is 3. The fourth-order valence-corrected chi connectivity index (χ4v) is 5.13. The molecule has 34 heavy (non-hydrogen) atoms. The Morgan fingerprint density at radius 1 is 0.765 bits per heavy atom. The fraction of sp³-hybridized carbons (Fsp3) is 0.154. The van der Waals surface area contributed by atoms with Crippen molar-refractivity contribution in [3.63, 3.8) is 0 Å². The molecule has 0 fully saturated rings. The molecule has 7 nitrogen and oxygen atoms in total. The highest BCUT2D eigenvalue weighted by atomic mass is 32.2. The van der Waals surface area contributed by atoms with E-state index in [2.05, 4.69) is 0 Å². The summed E-state index contributed by atoms with van der Waals surface area (Å²) in [4.78, 5) is 54.8. The van der Waals surface area contributed by atoms with Crippen LogP contribution in [-0.2, 0) is 14.3 Å². The molecule has 5 rings (SSSR count). The Kier molecular flexibility index (Phi) is 5.90. The highest BCUT2D eigenvalue weighted by molar-refractivity contribution is 7.99. The Morgan fingerprint density at radius 2 is 1.29 bits per heavy atom. The third kappa shape index (κ3) is 3.97. The maximum absolute atomic E-state index is 13.1. The molecular formula is C26H20N2O5S. The summed E-state index contributed by atoms with van der Waals surface area (Å²) in [6.45, 7) is -0.293. The van der Waals surface area contributed by atoms with Gasteiger partial charge in [-0.05, 0) is 42.8 Å². The molecule has 170 valence electrons. The number of imide groups is 1. The van der Waals surface area contributed by atoms with E-state index >= 15 is 0 Å². The average molecular weight is 473 g/mol. The molecule has 0 N–H and O–H groups in total. The number of carbonyl (C=O) groups excluding carboxylic acids is 4.